The highest BCUT2D eigenvalue weighted by Crippen LogP contribution is 2.30. The molecule has 1 unspecified atom stereocenters. The van der Waals surface area contributed by atoms with Gasteiger partial charge in [0.2, 0.25) is 0 Å². The molecule has 80 valence electrons. The van der Waals surface area contributed by atoms with E-state index in [1.54, 1.807) is 0 Å². The molecule has 6 heteroatoms. The molecule has 2 N–H and O–H groups in total. The lowest BCUT2D eigenvalue weighted by Gasteiger charge is -2.15. The molecule has 0 fully saturated rings. The summed E-state index contributed by atoms with van der Waals surface area (Å²) in [4.78, 5) is 0. The van der Waals surface area contributed by atoms with Crippen LogP contribution in [0.5, 0.6) is 0 Å². The molecule has 0 bridgehead atoms. The monoisotopic (exact) mass is 229 g/mol. The van der Waals surface area contributed by atoms with Gasteiger partial charge in [0, 0.05) is 0 Å². The highest BCUT2D eigenvalue weighted by Gasteiger charge is 2.37. The fourth-order valence-corrected chi connectivity index (χ4v) is 0.859. The van der Waals surface area contributed by atoms with Crippen molar-refractivity contribution in [2.75, 3.05) is 0 Å². The summed E-state index contributed by atoms with van der Waals surface area (Å²) < 4.78 is 48.4. The zero-order valence-electron chi connectivity index (χ0n) is 6.88. The molecule has 1 rings (SSSR count). The van der Waals surface area contributed by atoms with Crippen molar-refractivity contribution >= 4 is 12.4 Å². The summed E-state index contributed by atoms with van der Waals surface area (Å²) in [5, 5.41) is 0. The van der Waals surface area contributed by atoms with E-state index >= 15 is 0 Å². The smallest absolute Gasteiger partial charge is 0.316 e. The Morgan fingerprint density at radius 3 is 1.86 bits per heavy atom. The first kappa shape index (κ1) is 13.2. The molecule has 0 saturated carbocycles. The van der Waals surface area contributed by atoms with Crippen LogP contribution in [0.25, 0.3) is 0 Å². The van der Waals surface area contributed by atoms with Crippen LogP contribution in [0.3, 0.4) is 0 Å². The van der Waals surface area contributed by atoms with Gasteiger partial charge in [0.25, 0.3) is 0 Å². The van der Waals surface area contributed by atoms with Gasteiger partial charge in [-0.15, -0.1) is 12.4 Å². The predicted molar refractivity (Wildman–Crippen MR) is 46.6 cm³/mol. The third-order valence-electron chi connectivity index (χ3n) is 1.58. The standard InChI is InChI=1S/C8H7F4N.ClH/c9-6-3-1-5(2-4-6)7(13)8(10,11)12;/h1-4,7H,13H2;1H. The maximum atomic E-state index is 12.3. The first-order valence-electron chi connectivity index (χ1n) is 3.49. The largest absolute Gasteiger partial charge is 0.407 e. The molecular weight excluding hydrogens is 222 g/mol. The molecule has 1 aromatic carbocycles. The molecule has 0 heterocycles. The van der Waals surface area contributed by atoms with Crippen molar-refractivity contribution in [3.8, 4) is 0 Å². The van der Waals surface area contributed by atoms with Crippen molar-refractivity contribution in [2.45, 2.75) is 12.2 Å². The maximum absolute atomic E-state index is 12.3. The predicted octanol–water partition coefficient (Wildman–Crippen LogP) is 2.81. The molecular formula is C8H8ClF4N. The van der Waals surface area contributed by atoms with E-state index in [0.717, 1.165) is 24.3 Å². The van der Waals surface area contributed by atoms with E-state index in [2.05, 4.69) is 0 Å². The molecule has 0 radical (unpaired) electrons. The molecule has 0 aromatic heterocycles. The second kappa shape index (κ2) is 4.61. The summed E-state index contributed by atoms with van der Waals surface area (Å²) in [7, 11) is 0. The second-order valence-electron chi connectivity index (χ2n) is 2.57. The van der Waals surface area contributed by atoms with Crippen LogP contribution < -0.4 is 5.73 Å². The van der Waals surface area contributed by atoms with Crippen molar-refractivity contribution in [1.82, 2.24) is 0 Å². The van der Waals surface area contributed by atoms with Gasteiger partial charge in [-0.3, -0.25) is 0 Å². The summed E-state index contributed by atoms with van der Waals surface area (Å²) in [6.07, 6.45) is -4.49. The normalized spacial score (nSPS) is 13.2. The molecule has 1 nitrogen and oxygen atoms in total. The van der Waals surface area contributed by atoms with E-state index in [1.807, 2.05) is 0 Å². The maximum Gasteiger partial charge on any atom is 0.407 e. The molecule has 0 aliphatic carbocycles. The minimum Gasteiger partial charge on any atom is -0.316 e. The van der Waals surface area contributed by atoms with Gasteiger partial charge in [-0.25, -0.2) is 4.39 Å². The van der Waals surface area contributed by atoms with Gasteiger partial charge in [0.05, 0.1) is 0 Å². The number of nitrogens with two attached hydrogens (primary N) is 1. The molecule has 1 atom stereocenters. The molecule has 0 aliphatic heterocycles. The lowest BCUT2D eigenvalue weighted by Crippen LogP contribution is -2.28. The SMILES string of the molecule is Cl.NC(c1ccc(F)cc1)C(F)(F)F. The molecule has 0 amide bonds. The quantitative estimate of drug-likeness (QED) is 0.737. The summed E-state index contributed by atoms with van der Waals surface area (Å²) in [5.74, 6) is -0.585. The van der Waals surface area contributed by atoms with E-state index in [4.69, 9.17) is 5.73 Å². The summed E-state index contributed by atoms with van der Waals surface area (Å²) >= 11 is 0. The number of alkyl halides is 3. The highest BCUT2D eigenvalue weighted by atomic mass is 35.5. The van der Waals surface area contributed by atoms with Crippen LogP contribution in [0.4, 0.5) is 17.6 Å². The van der Waals surface area contributed by atoms with Crippen LogP contribution >= 0.6 is 12.4 Å². The van der Waals surface area contributed by atoms with Gasteiger partial charge < -0.3 is 5.73 Å². The van der Waals surface area contributed by atoms with Crippen LogP contribution in [0.15, 0.2) is 24.3 Å². The summed E-state index contributed by atoms with van der Waals surface area (Å²) in [5.41, 5.74) is 4.73. The van der Waals surface area contributed by atoms with Crippen LogP contribution in [-0.2, 0) is 0 Å². The number of benzene rings is 1. The van der Waals surface area contributed by atoms with Gasteiger partial charge in [-0.05, 0) is 17.7 Å². The van der Waals surface area contributed by atoms with Gasteiger partial charge in [0.15, 0.2) is 0 Å². The summed E-state index contributed by atoms with van der Waals surface area (Å²) in [6, 6.07) is 1.89. The van der Waals surface area contributed by atoms with Crippen molar-refractivity contribution < 1.29 is 17.6 Å². The van der Waals surface area contributed by atoms with Crippen LogP contribution in [0.1, 0.15) is 11.6 Å². The van der Waals surface area contributed by atoms with Crippen molar-refractivity contribution in [3.05, 3.63) is 35.6 Å². The fraction of sp³-hybridized carbons (Fsp3) is 0.250. The van der Waals surface area contributed by atoms with Crippen LogP contribution in [0.2, 0.25) is 0 Å². The first-order chi connectivity index (χ1) is 5.91. The number of hydrogen-bond acceptors (Lipinski definition) is 1. The molecule has 1 aromatic rings. The Balaban J connectivity index is 0.00000169. The van der Waals surface area contributed by atoms with Gasteiger partial charge in [-0.2, -0.15) is 13.2 Å². The third-order valence-corrected chi connectivity index (χ3v) is 1.58. The fourth-order valence-electron chi connectivity index (χ4n) is 0.859. The molecule has 14 heavy (non-hydrogen) atoms. The Morgan fingerprint density at radius 2 is 1.50 bits per heavy atom. The first-order valence-corrected chi connectivity index (χ1v) is 3.49. The summed E-state index contributed by atoms with van der Waals surface area (Å²) in [6.45, 7) is 0. The van der Waals surface area contributed by atoms with Crippen LogP contribution in [-0.4, -0.2) is 6.18 Å². The minimum absolute atomic E-state index is 0. The zero-order chi connectivity index (χ0) is 10.1. The molecule has 0 saturated heterocycles. The highest BCUT2D eigenvalue weighted by molar-refractivity contribution is 5.85. The van der Waals surface area contributed by atoms with E-state index in [-0.39, 0.29) is 18.0 Å². The minimum atomic E-state index is -4.49. The van der Waals surface area contributed by atoms with Crippen molar-refractivity contribution in [2.24, 2.45) is 5.73 Å². The Kier molecular flexibility index (Phi) is 4.35. The topological polar surface area (TPSA) is 26.0 Å². The number of hydrogen-bond donors (Lipinski definition) is 1. The average Bonchev–Trinajstić information content (AvgIpc) is 2.03. The molecule has 0 aliphatic rings. The second-order valence-corrected chi connectivity index (χ2v) is 2.57. The molecule has 0 spiro atoms. The van der Waals surface area contributed by atoms with Crippen molar-refractivity contribution in [1.29, 1.82) is 0 Å². The van der Waals surface area contributed by atoms with Gasteiger partial charge in [-0.1, -0.05) is 12.1 Å². The lowest BCUT2D eigenvalue weighted by atomic mass is 10.1. The van der Waals surface area contributed by atoms with E-state index < -0.39 is 18.0 Å². The van der Waals surface area contributed by atoms with Gasteiger partial charge in [0.1, 0.15) is 11.9 Å². The van der Waals surface area contributed by atoms with E-state index in [1.165, 1.54) is 0 Å². The van der Waals surface area contributed by atoms with E-state index in [0.29, 0.717) is 0 Å². The van der Waals surface area contributed by atoms with E-state index in [9.17, 15) is 17.6 Å². The van der Waals surface area contributed by atoms with Gasteiger partial charge >= 0.3 is 6.18 Å². The number of rotatable bonds is 1. The Morgan fingerprint density at radius 1 is 1.07 bits per heavy atom. The Labute approximate surface area is 84.3 Å². The Bertz CT molecular complexity index is 282. The van der Waals surface area contributed by atoms with Crippen LogP contribution in [0, 0.1) is 5.82 Å². The number of halogens is 5. The Hall–Kier alpha value is -0.810. The van der Waals surface area contributed by atoms with Crippen molar-refractivity contribution in [3.63, 3.8) is 0 Å². The third kappa shape index (κ3) is 3.16. The zero-order valence-corrected chi connectivity index (χ0v) is 7.70. The average molecular weight is 230 g/mol. The lowest BCUT2D eigenvalue weighted by molar-refractivity contribution is -0.149.